The van der Waals surface area contributed by atoms with E-state index >= 15 is 0 Å². The lowest BCUT2D eigenvalue weighted by atomic mass is 9.84. The summed E-state index contributed by atoms with van der Waals surface area (Å²) in [4.78, 5) is 0. The van der Waals surface area contributed by atoms with Crippen LogP contribution in [0.2, 0.25) is 0 Å². The van der Waals surface area contributed by atoms with Gasteiger partial charge in [0.05, 0.1) is 19.8 Å². The Hall–Kier alpha value is -0.170. The van der Waals surface area contributed by atoms with Crippen LogP contribution in [0, 0.1) is 5.41 Å². The number of primary sulfonamides is 1. The summed E-state index contributed by atoms with van der Waals surface area (Å²) >= 11 is 0. The Morgan fingerprint density at radius 1 is 1.00 bits per heavy atom. The molecule has 0 aromatic rings. The second-order valence-electron chi connectivity index (χ2n) is 5.29. The van der Waals surface area contributed by atoms with Crippen LogP contribution < -0.4 is 5.14 Å². The molecule has 0 atom stereocenters. The highest BCUT2D eigenvalue weighted by Gasteiger charge is 2.39. The second-order valence-corrected chi connectivity index (χ2v) is 7.25. The molecule has 5 nitrogen and oxygen atoms in total. The lowest BCUT2D eigenvalue weighted by Gasteiger charge is -2.33. The van der Waals surface area contributed by atoms with Crippen molar-refractivity contribution in [2.45, 2.75) is 58.1 Å². The number of aliphatic hydroxyl groups is 1. The highest BCUT2D eigenvalue weighted by molar-refractivity contribution is 7.90. The summed E-state index contributed by atoms with van der Waals surface area (Å²) < 4.78 is 28.1. The fourth-order valence-electron chi connectivity index (χ4n) is 2.12. The zero-order valence-corrected chi connectivity index (χ0v) is 13.4. The number of hydrogen-bond donors (Lipinski definition) is 2. The molecule has 0 aliphatic heterocycles. The molecule has 0 unspecified atom stereocenters. The summed E-state index contributed by atoms with van der Waals surface area (Å²) in [6, 6.07) is 0. The van der Waals surface area contributed by atoms with Gasteiger partial charge in [-0.3, -0.25) is 0 Å². The van der Waals surface area contributed by atoms with Crippen molar-refractivity contribution in [1.29, 1.82) is 0 Å². The molecule has 0 saturated carbocycles. The van der Waals surface area contributed by atoms with E-state index < -0.39 is 14.8 Å². The standard InChI is InChI=1S/C13H29NO4S/c1-5-12(6-2,9-15)10-18-11-13(7-3,8-4)19(14,16)17/h15H,5-11H2,1-4H3,(H2,14,16,17). The molecule has 0 bridgehead atoms. The van der Waals surface area contributed by atoms with E-state index in [4.69, 9.17) is 9.88 Å². The maximum absolute atomic E-state index is 11.7. The van der Waals surface area contributed by atoms with Crippen molar-refractivity contribution in [3.8, 4) is 0 Å². The third-order valence-corrected chi connectivity index (χ3v) is 6.40. The van der Waals surface area contributed by atoms with Gasteiger partial charge in [-0.25, -0.2) is 13.6 Å². The van der Waals surface area contributed by atoms with Crippen molar-refractivity contribution in [2.75, 3.05) is 19.8 Å². The fourth-order valence-corrected chi connectivity index (χ4v) is 3.17. The van der Waals surface area contributed by atoms with E-state index in [1.807, 2.05) is 13.8 Å². The van der Waals surface area contributed by atoms with Crippen LogP contribution in [0.4, 0.5) is 0 Å². The minimum Gasteiger partial charge on any atom is -0.396 e. The van der Waals surface area contributed by atoms with E-state index in [1.54, 1.807) is 13.8 Å². The van der Waals surface area contributed by atoms with Gasteiger partial charge >= 0.3 is 0 Å². The van der Waals surface area contributed by atoms with E-state index in [2.05, 4.69) is 0 Å². The van der Waals surface area contributed by atoms with Gasteiger partial charge in [-0.1, -0.05) is 27.7 Å². The zero-order valence-electron chi connectivity index (χ0n) is 12.6. The number of nitrogens with two attached hydrogens (primary N) is 1. The van der Waals surface area contributed by atoms with Gasteiger partial charge < -0.3 is 9.84 Å². The largest absolute Gasteiger partial charge is 0.396 e. The molecule has 19 heavy (non-hydrogen) atoms. The SMILES string of the molecule is CCC(CC)(CO)COCC(CC)(CC)S(N)(=O)=O. The van der Waals surface area contributed by atoms with Crippen LogP contribution in [0.25, 0.3) is 0 Å². The summed E-state index contributed by atoms with van der Waals surface area (Å²) in [5.74, 6) is 0. The minimum atomic E-state index is -3.65. The minimum absolute atomic E-state index is 0.0423. The molecule has 3 N–H and O–H groups in total. The predicted molar refractivity (Wildman–Crippen MR) is 77.3 cm³/mol. The molecular formula is C13H29NO4S. The van der Waals surface area contributed by atoms with E-state index in [0.717, 1.165) is 12.8 Å². The Morgan fingerprint density at radius 3 is 1.74 bits per heavy atom. The lowest BCUT2D eigenvalue weighted by molar-refractivity contribution is -0.00806. The summed E-state index contributed by atoms with van der Waals surface area (Å²) in [7, 11) is -3.65. The first-order valence-corrected chi connectivity index (χ1v) is 8.52. The van der Waals surface area contributed by atoms with Crippen LogP contribution in [0.3, 0.4) is 0 Å². The molecule has 0 radical (unpaired) electrons. The van der Waals surface area contributed by atoms with Gasteiger partial charge in [0.15, 0.2) is 0 Å². The monoisotopic (exact) mass is 295 g/mol. The first-order chi connectivity index (χ1) is 8.76. The Bertz CT molecular complexity index is 337. The van der Waals surface area contributed by atoms with Crippen molar-refractivity contribution in [1.82, 2.24) is 0 Å². The highest BCUT2D eigenvalue weighted by Crippen LogP contribution is 2.29. The van der Waals surface area contributed by atoms with Crippen LogP contribution in [-0.4, -0.2) is 38.1 Å². The smallest absolute Gasteiger partial charge is 0.217 e. The fraction of sp³-hybridized carbons (Fsp3) is 1.00. The molecule has 0 fully saturated rings. The van der Waals surface area contributed by atoms with Gasteiger partial charge in [-0.2, -0.15) is 0 Å². The molecule has 0 aliphatic carbocycles. The maximum Gasteiger partial charge on any atom is 0.217 e. The first-order valence-electron chi connectivity index (χ1n) is 6.97. The number of hydrogen-bond acceptors (Lipinski definition) is 4. The van der Waals surface area contributed by atoms with Crippen LogP contribution >= 0.6 is 0 Å². The van der Waals surface area contributed by atoms with Crippen LogP contribution in [0.15, 0.2) is 0 Å². The van der Waals surface area contributed by atoms with Gasteiger partial charge in [0.1, 0.15) is 4.75 Å². The third kappa shape index (κ3) is 4.41. The van der Waals surface area contributed by atoms with Gasteiger partial charge in [-0.05, 0) is 25.7 Å². The molecule has 116 valence electrons. The molecule has 0 aliphatic rings. The molecular weight excluding hydrogens is 266 g/mol. The highest BCUT2D eigenvalue weighted by atomic mass is 32.2. The van der Waals surface area contributed by atoms with E-state index in [1.165, 1.54) is 0 Å². The number of sulfonamides is 1. The summed E-state index contributed by atoms with van der Waals surface area (Å²) in [6.07, 6.45) is 2.43. The van der Waals surface area contributed by atoms with Crippen molar-refractivity contribution in [2.24, 2.45) is 10.6 Å². The molecule has 0 heterocycles. The average Bonchev–Trinajstić information content (AvgIpc) is 2.39. The Labute approximate surface area is 117 Å². The molecule has 0 aromatic carbocycles. The quantitative estimate of drug-likeness (QED) is 0.641. The Balaban J connectivity index is 4.77. The molecule has 0 saturated heterocycles. The zero-order chi connectivity index (χ0) is 15.2. The van der Waals surface area contributed by atoms with Gasteiger partial charge in [0.2, 0.25) is 10.0 Å². The Morgan fingerprint density at radius 2 is 1.47 bits per heavy atom. The van der Waals surface area contributed by atoms with Crippen molar-refractivity contribution < 1.29 is 18.3 Å². The predicted octanol–water partition coefficient (Wildman–Crippen LogP) is 1.65. The number of rotatable bonds is 10. The van der Waals surface area contributed by atoms with Crippen LogP contribution in [-0.2, 0) is 14.8 Å². The second kappa shape index (κ2) is 7.57. The molecule has 0 spiro atoms. The normalized spacial score (nSPS) is 13.8. The van der Waals surface area contributed by atoms with E-state index in [9.17, 15) is 13.5 Å². The molecule has 6 heteroatoms. The summed E-state index contributed by atoms with van der Waals surface area (Å²) in [5.41, 5.74) is -0.286. The maximum atomic E-state index is 11.7. The van der Waals surface area contributed by atoms with E-state index in [-0.39, 0.29) is 18.6 Å². The summed E-state index contributed by atoms with van der Waals surface area (Å²) in [6.45, 7) is 8.08. The molecule has 0 rings (SSSR count). The first kappa shape index (κ1) is 18.8. The van der Waals surface area contributed by atoms with Gasteiger partial charge in [0, 0.05) is 5.41 Å². The number of ether oxygens (including phenoxy) is 1. The topological polar surface area (TPSA) is 89.6 Å². The van der Waals surface area contributed by atoms with Crippen molar-refractivity contribution in [3.63, 3.8) is 0 Å². The lowest BCUT2D eigenvalue weighted by Crippen LogP contribution is -2.47. The Kier molecular flexibility index (Phi) is 7.50. The van der Waals surface area contributed by atoms with Crippen molar-refractivity contribution >= 4 is 10.0 Å². The van der Waals surface area contributed by atoms with E-state index in [0.29, 0.717) is 19.4 Å². The average molecular weight is 295 g/mol. The van der Waals surface area contributed by atoms with Crippen molar-refractivity contribution in [3.05, 3.63) is 0 Å². The van der Waals surface area contributed by atoms with Gasteiger partial charge in [0.25, 0.3) is 0 Å². The molecule has 0 amide bonds. The summed E-state index contributed by atoms with van der Waals surface area (Å²) in [5, 5.41) is 14.8. The number of aliphatic hydroxyl groups excluding tert-OH is 1. The van der Waals surface area contributed by atoms with Gasteiger partial charge in [-0.15, -0.1) is 0 Å². The van der Waals surface area contributed by atoms with Crippen LogP contribution in [0.5, 0.6) is 0 Å². The van der Waals surface area contributed by atoms with Crippen LogP contribution in [0.1, 0.15) is 53.4 Å². The third-order valence-electron chi connectivity index (χ3n) is 4.50. The molecule has 0 aromatic heterocycles.